The molecule has 0 radical (unpaired) electrons. The minimum Gasteiger partial charge on any atom is -0.480 e. The third-order valence-corrected chi connectivity index (χ3v) is 1.41. The molecule has 0 fully saturated rings. The maximum absolute atomic E-state index is 10.4. The lowest BCUT2D eigenvalue weighted by atomic mass is 10.3. The summed E-state index contributed by atoms with van der Waals surface area (Å²) in [5, 5.41) is 19.8. The van der Waals surface area contributed by atoms with Crippen molar-refractivity contribution in [2.45, 2.75) is 6.04 Å². The highest BCUT2D eigenvalue weighted by Crippen LogP contribution is 2.03. The maximum atomic E-state index is 10.4. The standard InChI is InChI=1S/C7H10N2O3/c10-4-5(7(11)12)9-6-2-1-3-8-6/h1-3,5,8-10H,4H2,(H,11,12). The van der Waals surface area contributed by atoms with Crippen LogP contribution in [-0.2, 0) is 4.79 Å². The minimum atomic E-state index is -1.08. The second-order valence-electron chi connectivity index (χ2n) is 2.30. The van der Waals surface area contributed by atoms with Gasteiger partial charge in [-0.05, 0) is 12.1 Å². The number of carboxylic acid groups (broad SMARTS) is 1. The number of carboxylic acids is 1. The molecule has 0 spiro atoms. The highest BCUT2D eigenvalue weighted by Gasteiger charge is 2.15. The van der Waals surface area contributed by atoms with Gasteiger partial charge < -0.3 is 20.5 Å². The van der Waals surface area contributed by atoms with Crippen LogP contribution in [0.1, 0.15) is 0 Å². The van der Waals surface area contributed by atoms with Crippen LogP contribution in [0.2, 0.25) is 0 Å². The summed E-state index contributed by atoms with van der Waals surface area (Å²) in [5.41, 5.74) is 0. The normalized spacial score (nSPS) is 12.4. The largest absolute Gasteiger partial charge is 0.480 e. The second-order valence-corrected chi connectivity index (χ2v) is 2.30. The number of hydrogen-bond acceptors (Lipinski definition) is 3. The molecule has 1 unspecified atom stereocenters. The van der Waals surface area contributed by atoms with E-state index in [0.717, 1.165) is 0 Å². The predicted molar refractivity (Wildman–Crippen MR) is 42.9 cm³/mol. The molecule has 0 aromatic carbocycles. The average molecular weight is 170 g/mol. The molecule has 0 saturated heterocycles. The summed E-state index contributed by atoms with van der Waals surface area (Å²) in [6.45, 7) is -0.436. The summed E-state index contributed by atoms with van der Waals surface area (Å²) in [6, 6.07) is 2.47. The van der Waals surface area contributed by atoms with Crippen molar-refractivity contribution in [3.63, 3.8) is 0 Å². The van der Waals surface area contributed by atoms with Gasteiger partial charge in [0.15, 0.2) is 0 Å². The summed E-state index contributed by atoms with van der Waals surface area (Å²) in [4.78, 5) is 13.2. The van der Waals surface area contributed by atoms with Gasteiger partial charge in [-0.1, -0.05) is 0 Å². The first-order valence-electron chi connectivity index (χ1n) is 3.47. The van der Waals surface area contributed by atoms with Crippen molar-refractivity contribution in [1.29, 1.82) is 0 Å². The first-order chi connectivity index (χ1) is 5.74. The molecule has 1 aromatic rings. The fourth-order valence-electron chi connectivity index (χ4n) is 0.793. The van der Waals surface area contributed by atoms with Gasteiger partial charge in [0.25, 0.3) is 0 Å². The molecule has 12 heavy (non-hydrogen) atoms. The lowest BCUT2D eigenvalue weighted by Gasteiger charge is -2.10. The van der Waals surface area contributed by atoms with Gasteiger partial charge in [0.05, 0.1) is 6.61 Å². The van der Waals surface area contributed by atoms with Crippen LogP contribution in [-0.4, -0.2) is 33.8 Å². The molecule has 0 amide bonds. The maximum Gasteiger partial charge on any atom is 0.328 e. The molecular formula is C7H10N2O3. The number of aliphatic hydroxyl groups is 1. The minimum absolute atomic E-state index is 0.436. The number of anilines is 1. The Labute approximate surface area is 69.0 Å². The Kier molecular flexibility index (Phi) is 2.71. The van der Waals surface area contributed by atoms with Crippen LogP contribution in [0.3, 0.4) is 0 Å². The second kappa shape index (κ2) is 3.77. The van der Waals surface area contributed by atoms with Gasteiger partial charge >= 0.3 is 5.97 Å². The highest BCUT2D eigenvalue weighted by molar-refractivity contribution is 5.76. The molecule has 4 N–H and O–H groups in total. The molecule has 0 bridgehead atoms. The van der Waals surface area contributed by atoms with E-state index in [1.165, 1.54) is 0 Å². The molecule has 0 saturated carbocycles. The van der Waals surface area contributed by atoms with Gasteiger partial charge in [-0.2, -0.15) is 0 Å². The van der Waals surface area contributed by atoms with E-state index in [4.69, 9.17) is 10.2 Å². The summed E-state index contributed by atoms with van der Waals surface area (Å²) in [5.74, 6) is -0.497. The highest BCUT2D eigenvalue weighted by atomic mass is 16.4. The Bertz CT molecular complexity index is 245. The topological polar surface area (TPSA) is 85.3 Å². The third kappa shape index (κ3) is 2.00. The summed E-state index contributed by atoms with van der Waals surface area (Å²) >= 11 is 0. The molecular weight excluding hydrogens is 160 g/mol. The number of rotatable bonds is 4. The fourth-order valence-corrected chi connectivity index (χ4v) is 0.793. The van der Waals surface area contributed by atoms with Crippen LogP contribution in [0, 0.1) is 0 Å². The number of aromatic amines is 1. The summed E-state index contributed by atoms with van der Waals surface area (Å²) in [7, 11) is 0. The van der Waals surface area contributed by atoms with Crippen molar-refractivity contribution >= 4 is 11.8 Å². The Balaban J connectivity index is 2.54. The van der Waals surface area contributed by atoms with Gasteiger partial charge in [0.2, 0.25) is 0 Å². The third-order valence-electron chi connectivity index (χ3n) is 1.41. The Hall–Kier alpha value is -1.49. The van der Waals surface area contributed by atoms with E-state index in [9.17, 15) is 4.79 Å². The van der Waals surface area contributed by atoms with Crippen molar-refractivity contribution in [1.82, 2.24) is 4.98 Å². The van der Waals surface area contributed by atoms with E-state index in [0.29, 0.717) is 5.82 Å². The Morgan fingerprint density at radius 1 is 1.75 bits per heavy atom. The number of aliphatic carboxylic acids is 1. The van der Waals surface area contributed by atoms with Gasteiger partial charge in [-0.3, -0.25) is 0 Å². The number of carbonyl (C=O) groups is 1. The van der Waals surface area contributed by atoms with E-state index in [2.05, 4.69) is 10.3 Å². The van der Waals surface area contributed by atoms with Gasteiger partial charge in [-0.25, -0.2) is 4.79 Å². The predicted octanol–water partition coefficient (Wildman–Crippen LogP) is -0.128. The summed E-state index contributed by atoms with van der Waals surface area (Å²) < 4.78 is 0. The monoisotopic (exact) mass is 170 g/mol. The fraction of sp³-hybridized carbons (Fsp3) is 0.286. The zero-order chi connectivity index (χ0) is 8.97. The quantitative estimate of drug-likeness (QED) is 0.507. The molecule has 0 aliphatic heterocycles. The number of hydrogen-bond donors (Lipinski definition) is 4. The molecule has 1 atom stereocenters. The first kappa shape index (κ1) is 8.61. The molecule has 5 heteroatoms. The number of aliphatic hydroxyl groups excluding tert-OH is 1. The SMILES string of the molecule is O=C(O)C(CO)Nc1ccc[nH]1. The van der Waals surface area contributed by atoms with Crippen LogP contribution < -0.4 is 5.32 Å². The van der Waals surface area contributed by atoms with Crippen LogP contribution >= 0.6 is 0 Å². The van der Waals surface area contributed by atoms with Crippen molar-refractivity contribution in [2.24, 2.45) is 0 Å². The van der Waals surface area contributed by atoms with Crippen LogP contribution in [0.25, 0.3) is 0 Å². The molecule has 1 aromatic heterocycles. The van der Waals surface area contributed by atoms with Crippen molar-refractivity contribution in [3.05, 3.63) is 18.3 Å². The van der Waals surface area contributed by atoms with Crippen LogP contribution in [0.15, 0.2) is 18.3 Å². The number of nitrogens with one attached hydrogen (secondary N) is 2. The van der Waals surface area contributed by atoms with Gasteiger partial charge in [0.1, 0.15) is 11.9 Å². The number of H-pyrrole nitrogens is 1. The Morgan fingerprint density at radius 2 is 2.50 bits per heavy atom. The first-order valence-corrected chi connectivity index (χ1v) is 3.47. The van der Waals surface area contributed by atoms with E-state index < -0.39 is 18.6 Å². The van der Waals surface area contributed by atoms with Crippen molar-refractivity contribution in [2.75, 3.05) is 11.9 Å². The average Bonchev–Trinajstić information content (AvgIpc) is 2.51. The van der Waals surface area contributed by atoms with Crippen LogP contribution in [0.5, 0.6) is 0 Å². The van der Waals surface area contributed by atoms with Gasteiger partial charge in [0, 0.05) is 6.20 Å². The lowest BCUT2D eigenvalue weighted by Crippen LogP contribution is -2.32. The molecule has 5 nitrogen and oxygen atoms in total. The van der Waals surface area contributed by atoms with Crippen LogP contribution in [0.4, 0.5) is 5.82 Å². The zero-order valence-electron chi connectivity index (χ0n) is 6.32. The Morgan fingerprint density at radius 3 is 2.92 bits per heavy atom. The van der Waals surface area contributed by atoms with E-state index in [-0.39, 0.29) is 0 Å². The molecule has 0 aliphatic rings. The lowest BCUT2D eigenvalue weighted by molar-refractivity contribution is -0.138. The zero-order valence-corrected chi connectivity index (χ0v) is 6.32. The number of aromatic nitrogens is 1. The van der Waals surface area contributed by atoms with Crippen molar-refractivity contribution in [3.8, 4) is 0 Å². The van der Waals surface area contributed by atoms with Crippen molar-refractivity contribution < 1.29 is 15.0 Å². The molecule has 1 heterocycles. The van der Waals surface area contributed by atoms with Gasteiger partial charge in [-0.15, -0.1) is 0 Å². The van der Waals surface area contributed by atoms with E-state index in [1.807, 2.05) is 0 Å². The van der Waals surface area contributed by atoms with E-state index in [1.54, 1.807) is 18.3 Å². The summed E-state index contributed by atoms with van der Waals surface area (Å²) in [6.07, 6.45) is 1.67. The molecule has 66 valence electrons. The molecule has 1 rings (SSSR count). The molecule has 0 aliphatic carbocycles. The van der Waals surface area contributed by atoms with E-state index >= 15 is 0 Å². The smallest absolute Gasteiger partial charge is 0.328 e.